The molecule has 1 fully saturated rings. The molecule has 0 aromatic heterocycles. The van der Waals surface area contributed by atoms with Crippen LogP contribution in [0.3, 0.4) is 0 Å². The van der Waals surface area contributed by atoms with Crippen molar-refractivity contribution in [3.05, 3.63) is 28.3 Å². The van der Waals surface area contributed by atoms with Crippen LogP contribution in [0.15, 0.2) is 18.2 Å². The van der Waals surface area contributed by atoms with Gasteiger partial charge in [0.1, 0.15) is 0 Å². The lowest BCUT2D eigenvalue weighted by molar-refractivity contribution is -0.385. The predicted octanol–water partition coefficient (Wildman–Crippen LogP) is 3.02. The number of amides is 1. The number of hydrogen-bond donors (Lipinski definition) is 0. The summed E-state index contributed by atoms with van der Waals surface area (Å²) in [6.07, 6.45) is 4.26. The Labute approximate surface area is 141 Å². The van der Waals surface area contributed by atoms with Crippen molar-refractivity contribution in [1.29, 1.82) is 0 Å². The Bertz CT molecular complexity index is 597. The summed E-state index contributed by atoms with van der Waals surface area (Å²) < 4.78 is 10.6. The van der Waals surface area contributed by atoms with E-state index in [0.717, 1.165) is 31.6 Å². The second-order valence-electron chi connectivity index (χ2n) is 6.30. The lowest BCUT2D eigenvalue weighted by atomic mass is 9.87. The van der Waals surface area contributed by atoms with Crippen LogP contribution in [0.1, 0.15) is 32.6 Å². The number of ether oxygens (including phenoxy) is 2. The quantitative estimate of drug-likeness (QED) is 0.589. The van der Waals surface area contributed by atoms with E-state index in [9.17, 15) is 14.9 Å². The number of nitro benzene ring substituents is 1. The van der Waals surface area contributed by atoms with Crippen LogP contribution in [0, 0.1) is 16.0 Å². The molecule has 0 spiro atoms. The van der Waals surface area contributed by atoms with Crippen molar-refractivity contribution in [2.75, 3.05) is 20.8 Å². The Hall–Kier alpha value is -2.31. The number of carbonyl (C=O) groups excluding carboxylic acids is 1. The molecule has 1 aliphatic rings. The van der Waals surface area contributed by atoms with E-state index in [-0.39, 0.29) is 30.0 Å². The highest BCUT2D eigenvalue weighted by molar-refractivity contribution is 5.78. The average molecular weight is 336 g/mol. The number of nitro groups is 1. The Morgan fingerprint density at radius 1 is 1.29 bits per heavy atom. The summed E-state index contributed by atoms with van der Waals surface area (Å²) in [5.74, 6) is 1.14. The fourth-order valence-electron chi connectivity index (χ4n) is 2.97. The molecule has 1 aromatic rings. The van der Waals surface area contributed by atoms with E-state index in [1.165, 1.54) is 25.3 Å². The van der Waals surface area contributed by atoms with Crippen molar-refractivity contribution in [3.8, 4) is 11.5 Å². The number of methoxy groups -OCH3 is 1. The van der Waals surface area contributed by atoms with Gasteiger partial charge in [-0.25, -0.2) is 0 Å². The lowest BCUT2D eigenvalue weighted by Gasteiger charge is -2.33. The van der Waals surface area contributed by atoms with E-state index in [1.807, 2.05) is 0 Å². The summed E-state index contributed by atoms with van der Waals surface area (Å²) in [7, 11) is 3.24. The van der Waals surface area contributed by atoms with E-state index >= 15 is 0 Å². The summed E-state index contributed by atoms with van der Waals surface area (Å²) in [5.41, 5.74) is -0.104. The molecule has 0 aliphatic heterocycles. The molecule has 2 rings (SSSR count). The van der Waals surface area contributed by atoms with Gasteiger partial charge in [-0.15, -0.1) is 0 Å². The van der Waals surface area contributed by atoms with Crippen LogP contribution in [-0.2, 0) is 4.79 Å². The second kappa shape index (κ2) is 7.99. The van der Waals surface area contributed by atoms with Gasteiger partial charge in [0.15, 0.2) is 18.1 Å². The number of carbonyl (C=O) groups is 1. The van der Waals surface area contributed by atoms with E-state index in [2.05, 4.69) is 6.92 Å². The largest absolute Gasteiger partial charge is 0.493 e. The first kappa shape index (κ1) is 18.0. The summed E-state index contributed by atoms with van der Waals surface area (Å²) >= 11 is 0. The van der Waals surface area contributed by atoms with Crippen molar-refractivity contribution in [3.63, 3.8) is 0 Å². The molecule has 1 amide bonds. The van der Waals surface area contributed by atoms with Crippen LogP contribution in [0.5, 0.6) is 11.5 Å². The average Bonchev–Trinajstić information content (AvgIpc) is 2.59. The van der Waals surface area contributed by atoms with Gasteiger partial charge >= 0.3 is 0 Å². The number of nitrogens with zero attached hydrogens (tertiary/aromatic N) is 2. The molecule has 0 atom stereocenters. The maximum Gasteiger partial charge on any atom is 0.273 e. The molecule has 1 aliphatic carbocycles. The topological polar surface area (TPSA) is 81.9 Å². The molecule has 0 N–H and O–H groups in total. The molecule has 7 heteroatoms. The minimum atomic E-state index is -0.510. The third-order valence-corrected chi connectivity index (χ3v) is 4.64. The van der Waals surface area contributed by atoms with E-state index < -0.39 is 4.92 Å². The van der Waals surface area contributed by atoms with Crippen molar-refractivity contribution in [2.45, 2.75) is 38.6 Å². The molecular formula is C17H24N2O5. The first-order valence-electron chi connectivity index (χ1n) is 8.13. The number of rotatable bonds is 6. The standard InChI is InChI=1S/C17H24N2O5/c1-12-4-6-13(7-5-12)18(2)17(20)11-24-16-10-14(19(21)22)8-9-15(16)23-3/h8-10,12-13H,4-7,11H2,1-3H3. The minimum absolute atomic E-state index is 0.104. The molecule has 0 saturated heterocycles. The molecule has 1 saturated carbocycles. The van der Waals surface area contributed by atoms with E-state index in [4.69, 9.17) is 9.47 Å². The van der Waals surface area contributed by atoms with Gasteiger partial charge < -0.3 is 14.4 Å². The van der Waals surface area contributed by atoms with Gasteiger partial charge in [-0.05, 0) is 37.7 Å². The Morgan fingerprint density at radius 2 is 1.96 bits per heavy atom. The molecule has 7 nitrogen and oxygen atoms in total. The molecule has 0 radical (unpaired) electrons. The molecule has 0 unspecified atom stereocenters. The smallest absolute Gasteiger partial charge is 0.273 e. The zero-order chi connectivity index (χ0) is 17.7. The van der Waals surface area contributed by atoms with Crippen LogP contribution in [0.25, 0.3) is 0 Å². The Balaban J connectivity index is 1.98. The van der Waals surface area contributed by atoms with Crippen LogP contribution in [0.2, 0.25) is 0 Å². The Kier molecular flexibility index (Phi) is 6.00. The fourth-order valence-corrected chi connectivity index (χ4v) is 2.97. The van der Waals surface area contributed by atoms with Crippen molar-refractivity contribution < 1.29 is 19.2 Å². The van der Waals surface area contributed by atoms with Crippen molar-refractivity contribution in [2.24, 2.45) is 5.92 Å². The maximum absolute atomic E-state index is 12.3. The van der Waals surface area contributed by atoms with Crippen molar-refractivity contribution in [1.82, 2.24) is 4.90 Å². The van der Waals surface area contributed by atoms with Gasteiger partial charge in [0.25, 0.3) is 11.6 Å². The first-order chi connectivity index (χ1) is 11.4. The molecule has 0 heterocycles. The van der Waals surface area contributed by atoms with Gasteiger partial charge in [0.05, 0.1) is 18.1 Å². The van der Waals surface area contributed by atoms with E-state index in [0.29, 0.717) is 5.75 Å². The zero-order valence-corrected chi connectivity index (χ0v) is 14.4. The minimum Gasteiger partial charge on any atom is -0.493 e. The number of hydrogen-bond acceptors (Lipinski definition) is 5. The Morgan fingerprint density at radius 3 is 2.54 bits per heavy atom. The molecule has 24 heavy (non-hydrogen) atoms. The van der Waals surface area contributed by atoms with Gasteiger partial charge in [0, 0.05) is 19.2 Å². The third kappa shape index (κ3) is 4.37. The fraction of sp³-hybridized carbons (Fsp3) is 0.588. The summed E-state index contributed by atoms with van der Waals surface area (Å²) in [4.78, 5) is 24.4. The zero-order valence-electron chi connectivity index (χ0n) is 14.4. The number of non-ortho nitro benzene ring substituents is 1. The van der Waals surface area contributed by atoms with Gasteiger partial charge in [-0.3, -0.25) is 14.9 Å². The maximum atomic E-state index is 12.3. The van der Waals surface area contributed by atoms with Crippen LogP contribution in [0.4, 0.5) is 5.69 Å². The normalized spacial score (nSPS) is 20.3. The van der Waals surface area contributed by atoms with Crippen molar-refractivity contribution >= 4 is 11.6 Å². The highest BCUT2D eigenvalue weighted by Crippen LogP contribution is 2.31. The van der Waals surface area contributed by atoms with Gasteiger partial charge in [0.2, 0.25) is 0 Å². The van der Waals surface area contributed by atoms with Crippen LogP contribution < -0.4 is 9.47 Å². The lowest BCUT2D eigenvalue weighted by Crippen LogP contribution is -2.41. The van der Waals surface area contributed by atoms with Gasteiger partial charge in [-0.1, -0.05) is 6.92 Å². The molecule has 0 bridgehead atoms. The number of likely N-dealkylation sites (N-methyl/N-ethyl adjacent to an activating group) is 1. The SMILES string of the molecule is COc1ccc([N+](=O)[O-])cc1OCC(=O)N(C)C1CCC(C)CC1. The first-order valence-corrected chi connectivity index (χ1v) is 8.13. The summed E-state index contributed by atoms with van der Waals surface area (Å²) in [6.45, 7) is 2.07. The summed E-state index contributed by atoms with van der Waals surface area (Å²) in [5, 5.41) is 10.9. The van der Waals surface area contributed by atoms with Crippen LogP contribution >= 0.6 is 0 Å². The highest BCUT2D eigenvalue weighted by Gasteiger charge is 2.25. The van der Waals surface area contributed by atoms with Gasteiger partial charge in [-0.2, -0.15) is 0 Å². The van der Waals surface area contributed by atoms with Crippen LogP contribution in [-0.4, -0.2) is 42.5 Å². The summed E-state index contributed by atoms with van der Waals surface area (Å²) in [6, 6.07) is 4.31. The van der Waals surface area contributed by atoms with E-state index in [1.54, 1.807) is 11.9 Å². The second-order valence-corrected chi connectivity index (χ2v) is 6.30. The monoisotopic (exact) mass is 336 g/mol. The third-order valence-electron chi connectivity index (χ3n) is 4.64. The predicted molar refractivity (Wildman–Crippen MR) is 89.3 cm³/mol. The number of benzene rings is 1. The molecule has 132 valence electrons. The molecule has 1 aromatic carbocycles. The molecular weight excluding hydrogens is 312 g/mol. The highest BCUT2D eigenvalue weighted by atomic mass is 16.6.